The summed E-state index contributed by atoms with van der Waals surface area (Å²) in [7, 11) is 1.22. The highest BCUT2D eigenvalue weighted by molar-refractivity contribution is 6.58. The fourth-order valence-corrected chi connectivity index (χ4v) is 7.69. The molecule has 3 fully saturated rings. The van der Waals surface area contributed by atoms with Crippen molar-refractivity contribution in [3.8, 4) is 11.5 Å². The van der Waals surface area contributed by atoms with E-state index in [1.807, 2.05) is 0 Å². The van der Waals surface area contributed by atoms with Crippen molar-refractivity contribution in [1.29, 1.82) is 0 Å². The highest BCUT2D eigenvalue weighted by atomic mass is 35.5. The summed E-state index contributed by atoms with van der Waals surface area (Å²) in [5.41, 5.74) is -1.82. The van der Waals surface area contributed by atoms with Gasteiger partial charge in [0.2, 0.25) is 17.6 Å². The van der Waals surface area contributed by atoms with Crippen molar-refractivity contribution in [3.63, 3.8) is 0 Å². The van der Waals surface area contributed by atoms with Gasteiger partial charge in [0, 0.05) is 11.5 Å². The normalized spacial score (nSPS) is 31.9. The molecule has 6 atom stereocenters. The van der Waals surface area contributed by atoms with E-state index in [2.05, 4.69) is 5.32 Å². The van der Waals surface area contributed by atoms with Crippen LogP contribution >= 0.6 is 23.2 Å². The van der Waals surface area contributed by atoms with E-state index in [0.29, 0.717) is 0 Å². The highest BCUT2D eigenvalue weighted by Gasteiger charge is 2.77. The fourth-order valence-electron chi connectivity index (χ4n) is 6.76. The van der Waals surface area contributed by atoms with Crippen molar-refractivity contribution < 1.29 is 51.0 Å². The zero-order chi connectivity index (χ0) is 30.6. The molecular weight excluding hydrogens is 614 g/mol. The Morgan fingerprint density at radius 2 is 1.55 bits per heavy atom. The molecule has 2 aliphatic heterocycles. The fraction of sp³-hybridized carbons (Fsp3) is 0.333. The number of allylic oxidation sites excluding steroid dienone is 2. The summed E-state index contributed by atoms with van der Waals surface area (Å²) in [5.74, 6) is -22.2. The number of hydrogen-bond donors (Lipinski definition) is 2. The lowest BCUT2D eigenvalue weighted by atomic mass is 9.56. The number of carbonyl (C=O) groups is 4. The number of phenolic OH excluding ortho intramolecular Hbond substituents is 1. The van der Waals surface area contributed by atoms with Gasteiger partial charge in [-0.05, 0) is 24.8 Å². The molecule has 2 aliphatic carbocycles. The van der Waals surface area contributed by atoms with Crippen molar-refractivity contribution in [2.75, 3.05) is 12.0 Å². The second kappa shape index (κ2) is 9.14. The Labute approximate surface area is 243 Å². The number of benzene rings is 2. The molecule has 42 heavy (non-hydrogen) atoms. The third kappa shape index (κ3) is 3.29. The number of imide groups is 2. The standard InChI is InChI=1S/C27H17Cl2F5N2O6/c1-42-12-4-2-3-10(21(12)37)14-8-5-6-9-13(23(39)35-22(9)38)11(8)7-26(28)24(40)36(25(41)27(14,26)29)20-18(33)16(31)15(30)17(32)19(20)34/h2-5,9,11,13-14,37H,6-7H2,1H3,(H,35,38,39). The van der Waals surface area contributed by atoms with Gasteiger partial charge in [0.05, 0.1) is 18.9 Å². The van der Waals surface area contributed by atoms with Gasteiger partial charge < -0.3 is 9.84 Å². The van der Waals surface area contributed by atoms with Crippen molar-refractivity contribution in [1.82, 2.24) is 5.32 Å². The van der Waals surface area contributed by atoms with Crippen LogP contribution in [0, 0.1) is 46.8 Å². The molecule has 0 bridgehead atoms. The Bertz CT molecular complexity index is 1660. The molecule has 2 aromatic rings. The third-order valence-corrected chi connectivity index (χ3v) is 10.0. The van der Waals surface area contributed by atoms with Crippen LogP contribution in [0.1, 0.15) is 24.3 Å². The Kier molecular flexibility index (Phi) is 6.18. The Morgan fingerprint density at radius 3 is 2.17 bits per heavy atom. The molecule has 4 amide bonds. The quantitative estimate of drug-likeness (QED) is 0.133. The first-order valence-corrected chi connectivity index (χ1v) is 13.2. The van der Waals surface area contributed by atoms with E-state index >= 15 is 0 Å². The number of aromatic hydroxyl groups is 1. The number of fused-ring (bicyclic) bond motifs is 4. The maximum atomic E-state index is 15.0. The predicted octanol–water partition coefficient (Wildman–Crippen LogP) is 3.95. The summed E-state index contributed by atoms with van der Waals surface area (Å²) >= 11 is 13.9. The van der Waals surface area contributed by atoms with Crippen LogP contribution in [-0.2, 0) is 19.2 Å². The van der Waals surface area contributed by atoms with E-state index in [9.17, 15) is 46.2 Å². The molecule has 1 saturated carbocycles. The molecule has 2 saturated heterocycles. The molecular formula is C27H17Cl2F5N2O6. The highest BCUT2D eigenvalue weighted by Crippen LogP contribution is 2.66. The molecule has 8 nitrogen and oxygen atoms in total. The number of halogens is 7. The minimum absolute atomic E-state index is 0.0128. The van der Waals surface area contributed by atoms with Crippen LogP contribution in [0.3, 0.4) is 0 Å². The van der Waals surface area contributed by atoms with Crippen LogP contribution in [-0.4, -0.2) is 45.6 Å². The van der Waals surface area contributed by atoms with Gasteiger partial charge in [-0.3, -0.25) is 24.5 Å². The minimum Gasteiger partial charge on any atom is -0.504 e. The SMILES string of the molecule is COc1cccc(C2C3=CCC4C(=O)NC(=O)C4C3CC3(Cl)C(=O)N(c4c(F)c(F)c(F)c(F)c4F)C(=O)C23Cl)c1O. The molecule has 4 aliphatic rings. The van der Waals surface area contributed by atoms with Gasteiger partial charge in [-0.15, -0.1) is 23.2 Å². The molecule has 0 aromatic heterocycles. The lowest BCUT2D eigenvalue weighted by molar-refractivity contribution is -0.127. The van der Waals surface area contributed by atoms with Crippen molar-refractivity contribution in [2.24, 2.45) is 17.8 Å². The van der Waals surface area contributed by atoms with Crippen molar-refractivity contribution in [2.45, 2.75) is 28.5 Å². The summed E-state index contributed by atoms with van der Waals surface area (Å²) in [6.45, 7) is 0. The summed E-state index contributed by atoms with van der Waals surface area (Å²) in [6, 6.07) is 4.05. The van der Waals surface area contributed by atoms with E-state index in [4.69, 9.17) is 27.9 Å². The van der Waals surface area contributed by atoms with Crippen LogP contribution in [0.2, 0.25) is 0 Å². The number of rotatable bonds is 3. The molecule has 6 rings (SSSR count). The number of carbonyl (C=O) groups excluding carboxylic acids is 4. The number of anilines is 1. The number of nitrogens with one attached hydrogen (secondary N) is 1. The van der Waals surface area contributed by atoms with Gasteiger partial charge in [0.15, 0.2) is 44.5 Å². The molecule has 2 heterocycles. The smallest absolute Gasteiger partial charge is 0.258 e. The first-order chi connectivity index (χ1) is 19.7. The number of nitrogens with zero attached hydrogens (tertiary/aromatic N) is 1. The number of methoxy groups -OCH3 is 1. The van der Waals surface area contributed by atoms with E-state index in [1.54, 1.807) is 0 Å². The van der Waals surface area contributed by atoms with E-state index < -0.39 is 104 Å². The number of hydrogen-bond acceptors (Lipinski definition) is 6. The van der Waals surface area contributed by atoms with Crippen LogP contribution < -0.4 is 15.0 Å². The van der Waals surface area contributed by atoms with E-state index in [1.165, 1.54) is 31.4 Å². The minimum atomic E-state index is -2.73. The Morgan fingerprint density at radius 1 is 0.929 bits per heavy atom. The maximum absolute atomic E-state index is 15.0. The summed E-state index contributed by atoms with van der Waals surface area (Å²) in [5, 5.41) is 13.3. The summed E-state index contributed by atoms with van der Waals surface area (Å²) in [4.78, 5) is 47.7. The number of ether oxygens (including phenoxy) is 1. The topological polar surface area (TPSA) is 113 Å². The van der Waals surface area contributed by atoms with Crippen molar-refractivity contribution >= 4 is 52.5 Å². The van der Waals surface area contributed by atoms with Crippen LogP contribution in [0.25, 0.3) is 0 Å². The van der Waals surface area contributed by atoms with Gasteiger partial charge in [0.25, 0.3) is 11.8 Å². The largest absolute Gasteiger partial charge is 0.504 e. The van der Waals surface area contributed by atoms with Gasteiger partial charge in [0.1, 0.15) is 5.69 Å². The molecule has 0 radical (unpaired) electrons. The number of phenols is 1. The predicted molar refractivity (Wildman–Crippen MR) is 134 cm³/mol. The lowest BCUT2D eigenvalue weighted by Gasteiger charge is -2.50. The molecule has 0 spiro atoms. The number of amides is 4. The van der Waals surface area contributed by atoms with Gasteiger partial charge in [-0.25, -0.2) is 26.9 Å². The molecule has 6 unspecified atom stereocenters. The molecule has 2 aromatic carbocycles. The monoisotopic (exact) mass is 630 g/mol. The lowest BCUT2D eigenvalue weighted by Crippen LogP contribution is -2.60. The number of alkyl halides is 2. The second-order valence-corrected chi connectivity index (χ2v) is 11.7. The van der Waals surface area contributed by atoms with Crippen molar-refractivity contribution in [3.05, 3.63) is 64.5 Å². The summed E-state index contributed by atoms with van der Waals surface area (Å²) < 4.78 is 77.3. The van der Waals surface area contributed by atoms with Crippen LogP contribution in [0.4, 0.5) is 27.6 Å². The molecule has 15 heteroatoms. The van der Waals surface area contributed by atoms with Gasteiger partial charge in [-0.2, -0.15) is 0 Å². The Balaban J connectivity index is 1.64. The van der Waals surface area contributed by atoms with Gasteiger partial charge in [-0.1, -0.05) is 23.8 Å². The first kappa shape index (κ1) is 28.4. The van der Waals surface area contributed by atoms with E-state index in [0.717, 1.165) is 0 Å². The third-order valence-electron chi connectivity index (χ3n) is 8.63. The molecule has 220 valence electrons. The average Bonchev–Trinajstić information content (AvgIpc) is 3.33. The number of para-hydroxylation sites is 1. The first-order valence-electron chi connectivity index (χ1n) is 12.4. The van der Waals surface area contributed by atoms with Crippen LogP contribution in [0.5, 0.6) is 11.5 Å². The zero-order valence-electron chi connectivity index (χ0n) is 21.1. The molecule has 2 N–H and O–H groups in total. The maximum Gasteiger partial charge on any atom is 0.258 e. The second-order valence-electron chi connectivity index (χ2n) is 10.4. The van der Waals surface area contributed by atoms with Gasteiger partial charge >= 0.3 is 0 Å². The van der Waals surface area contributed by atoms with Crippen LogP contribution in [0.15, 0.2) is 29.8 Å². The Hall–Kier alpha value is -3.71. The average molecular weight is 631 g/mol. The van der Waals surface area contributed by atoms with E-state index in [-0.39, 0.29) is 28.2 Å². The zero-order valence-corrected chi connectivity index (χ0v) is 22.6. The summed E-state index contributed by atoms with van der Waals surface area (Å²) in [6.07, 6.45) is 0.859.